The number of fused-ring (bicyclic) bond motifs is 2. The van der Waals surface area contributed by atoms with Crippen molar-refractivity contribution in [2.75, 3.05) is 48.5 Å². The second-order valence-corrected chi connectivity index (χ2v) is 14.3. The molecule has 7 N–H and O–H groups in total. The fraction of sp³-hybridized carbons (Fsp3) is 0.375. The number of esters is 3. The summed E-state index contributed by atoms with van der Waals surface area (Å²) in [5, 5.41) is 6.61. The molecule has 0 bridgehead atoms. The van der Waals surface area contributed by atoms with Gasteiger partial charge in [0, 0.05) is 19.0 Å². The zero-order valence-electron chi connectivity index (χ0n) is 33.4. The third-order valence-corrected chi connectivity index (χ3v) is 9.36. The number of carbonyl (C=O) groups is 3. The first-order chi connectivity index (χ1) is 30.1. The van der Waals surface area contributed by atoms with Crippen LogP contribution >= 0.6 is 0 Å². The number of hydrogen-bond donors (Lipinski definition) is 5. The maximum Gasteiger partial charge on any atom is 0.338 e. The number of aromatic amines is 1. The first-order valence-electron chi connectivity index (χ1n) is 19.8. The van der Waals surface area contributed by atoms with Crippen molar-refractivity contribution < 1.29 is 47.5 Å². The molecule has 4 fully saturated rings. The van der Waals surface area contributed by atoms with E-state index in [0.29, 0.717) is 45.8 Å². The number of rotatable bonds is 12. The average molecular weight is 853 g/mol. The van der Waals surface area contributed by atoms with E-state index in [0.717, 1.165) is 24.2 Å². The van der Waals surface area contributed by atoms with E-state index in [-0.39, 0.29) is 38.3 Å². The standard InChI is InChI=1S/C19H20N6O4.C13H14O6.C8H10N6/c20-19-23-16(22-12-6-7-12)15-17(24-19)25(10-21-15)13-8-27-14(29-13)9-28-18(26)11-4-2-1-3-5-11;1-9(14)18-12-8-16-11(19-12)7-17-13(15)10-5-3-2-4-6-10;9-8-13-6-5(10-3-11-6)7(14-8)12-4-1-2-4/h1-5,10,12-14H,6-9H2,(H3,20,22,23,24);2-6,11-12H,7-8H2,1H3;3-4H,1-2H2,(H4,9,10,11,12,13,14)/t13?,14-;11-,12?;/m11./s1. The smallest absolute Gasteiger partial charge is 0.338 e. The molecule has 324 valence electrons. The summed E-state index contributed by atoms with van der Waals surface area (Å²) in [5.41, 5.74) is 15.0. The zero-order chi connectivity index (χ0) is 43.0. The summed E-state index contributed by atoms with van der Waals surface area (Å²) in [6.07, 6.45) is 5.25. The lowest BCUT2D eigenvalue weighted by Gasteiger charge is -2.13. The lowest BCUT2D eigenvalue weighted by atomic mass is 10.2. The number of benzene rings is 2. The summed E-state index contributed by atoms with van der Waals surface area (Å²) in [7, 11) is 0. The number of nitrogens with zero attached hydrogens (tertiary/aromatic N) is 7. The topological polar surface area (TPSA) is 290 Å². The van der Waals surface area contributed by atoms with E-state index in [9.17, 15) is 14.4 Å². The third kappa shape index (κ3) is 11.0. The Hall–Kier alpha value is -7.01. The molecule has 4 aliphatic rings. The van der Waals surface area contributed by atoms with Crippen LogP contribution in [0.4, 0.5) is 23.5 Å². The molecule has 2 saturated heterocycles. The van der Waals surface area contributed by atoms with Crippen molar-refractivity contribution in [3.8, 4) is 0 Å². The summed E-state index contributed by atoms with van der Waals surface area (Å²) in [6.45, 7) is 1.63. The normalized spacial score (nSPS) is 20.3. The van der Waals surface area contributed by atoms with Gasteiger partial charge in [-0.05, 0) is 49.9 Å². The molecule has 22 nitrogen and oxygen atoms in total. The lowest BCUT2D eigenvalue weighted by Crippen LogP contribution is -2.22. The minimum Gasteiger partial charge on any atom is -0.457 e. The highest BCUT2D eigenvalue weighted by molar-refractivity contribution is 5.90. The van der Waals surface area contributed by atoms with Gasteiger partial charge in [-0.25, -0.2) is 19.6 Å². The number of nitrogens with one attached hydrogen (secondary N) is 3. The lowest BCUT2D eigenvalue weighted by molar-refractivity contribution is -0.177. The van der Waals surface area contributed by atoms with Crippen LogP contribution in [0.5, 0.6) is 0 Å². The van der Waals surface area contributed by atoms with Crippen molar-refractivity contribution >= 4 is 63.8 Å². The van der Waals surface area contributed by atoms with Gasteiger partial charge in [0.2, 0.25) is 18.2 Å². The SMILES string of the molecule is CC(=O)OC1CO[C@@H](COC(=O)c2ccccc2)O1.Nc1nc(NC2CC2)c2[nH]cnc2n1.Nc1nc(NC2CC2)c2ncn(C3CO[C@@H](COC(=O)c4ccccc4)O3)c2n1. The van der Waals surface area contributed by atoms with Crippen LogP contribution in [0.2, 0.25) is 0 Å². The summed E-state index contributed by atoms with van der Waals surface area (Å²) < 4.78 is 38.8. The minimum absolute atomic E-state index is 0.0114. The molecule has 2 saturated carbocycles. The first kappa shape index (κ1) is 41.7. The second kappa shape index (κ2) is 19.1. The van der Waals surface area contributed by atoms with Crippen LogP contribution in [0, 0.1) is 0 Å². The summed E-state index contributed by atoms with van der Waals surface area (Å²) in [4.78, 5) is 62.6. The van der Waals surface area contributed by atoms with Gasteiger partial charge in [-0.15, -0.1) is 0 Å². The number of hydrogen-bond acceptors (Lipinski definition) is 20. The number of carbonyl (C=O) groups excluding carboxylic acids is 3. The summed E-state index contributed by atoms with van der Waals surface area (Å²) in [5.74, 6) is 0.473. The number of imidazole rings is 2. The van der Waals surface area contributed by atoms with Gasteiger partial charge in [0.05, 0.1) is 30.4 Å². The number of ether oxygens (including phenoxy) is 7. The van der Waals surface area contributed by atoms with E-state index in [1.54, 1.807) is 65.8 Å². The van der Waals surface area contributed by atoms with E-state index in [4.69, 9.17) is 44.6 Å². The van der Waals surface area contributed by atoms with Gasteiger partial charge in [0.15, 0.2) is 47.3 Å². The Kier molecular flexibility index (Phi) is 12.9. The summed E-state index contributed by atoms with van der Waals surface area (Å²) >= 11 is 0. The monoisotopic (exact) mass is 852 g/mol. The Morgan fingerprint density at radius 3 is 1.97 bits per heavy atom. The molecule has 4 aromatic heterocycles. The quantitative estimate of drug-likeness (QED) is 0.0871. The maximum absolute atomic E-state index is 12.1. The predicted molar refractivity (Wildman–Crippen MR) is 219 cm³/mol. The number of anilines is 4. The molecule has 6 aromatic rings. The molecule has 2 aliphatic heterocycles. The van der Waals surface area contributed by atoms with Crippen LogP contribution in [0.1, 0.15) is 59.6 Å². The van der Waals surface area contributed by atoms with Crippen molar-refractivity contribution in [1.29, 1.82) is 0 Å². The third-order valence-electron chi connectivity index (χ3n) is 9.36. The van der Waals surface area contributed by atoms with Crippen molar-refractivity contribution in [1.82, 2.24) is 39.5 Å². The van der Waals surface area contributed by atoms with E-state index in [1.165, 1.54) is 19.8 Å². The van der Waals surface area contributed by atoms with Gasteiger partial charge < -0.3 is 60.2 Å². The number of aromatic nitrogens is 8. The van der Waals surface area contributed by atoms with Crippen LogP contribution < -0.4 is 22.1 Å². The molecular formula is C40H44N12O10. The van der Waals surface area contributed by atoms with Gasteiger partial charge in [-0.3, -0.25) is 9.36 Å². The van der Waals surface area contributed by atoms with Crippen LogP contribution in [0.3, 0.4) is 0 Å². The minimum atomic E-state index is -0.738. The predicted octanol–water partition coefficient (Wildman–Crippen LogP) is 3.33. The number of nitrogens with two attached hydrogens (primary N) is 2. The van der Waals surface area contributed by atoms with Gasteiger partial charge >= 0.3 is 17.9 Å². The molecule has 0 amide bonds. The zero-order valence-corrected chi connectivity index (χ0v) is 33.4. The van der Waals surface area contributed by atoms with Crippen LogP contribution in [0.15, 0.2) is 73.3 Å². The Morgan fingerprint density at radius 2 is 1.34 bits per heavy atom. The van der Waals surface area contributed by atoms with E-state index in [2.05, 4.69) is 45.5 Å². The molecular weight excluding hydrogens is 809 g/mol. The fourth-order valence-electron chi connectivity index (χ4n) is 6.09. The summed E-state index contributed by atoms with van der Waals surface area (Å²) in [6, 6.07) is 18.3. The number of H-pyrrole nitrogens is 1. The molecule has 0 radical (unpaired) electrons. The van der Waals surface area contributed by atoms with Crippen LogP contribution in [-0.4, -0.2) is 115 Å². The van der Waals surface area contributed by atoms with E-state index in [1.807, 2.05) is 12.1 Å². The van der Waals surface area contributed by atoms with Crippen LogP contribution in [-0.2, 0) is 38.0 Å². The maximum atomic E-state index is 12.1. The van der Waals surface area contributed by atoms with E-state index < -0.39 is 43.0 Å². The van der Waals surface area contributed by atoms with Crippen molar-refractivity contribution in [2.24, 2.45) is 0 Å². The van der Waals surface area contributed by atoms with Crippen molar-refractivity contribution in [3.05, 3.63) is 84.4 Å². The highest BCUT2D eigenvalue weighted by Gasteiger charge is 2.32. The molecule has 4 atom stereocenters. The average Bonchev–Trinajstić information content (AvgIpc) is 3.99. The highest BCUT2D eigenvalue weighted by atomic mass is 16.8. The van der Waals surface area contributed by atoms with Gasteiger partial charge in [0.1, 0.15) is 25.3 Å². The first-order valence-corrected chi connectivity index (χ1v) is 19.8. The van der Waals surface area contributed by atoms with Gasteiger partial charge in [-0.2, -0.15) is 19.9 Å². The Labute approximate surface area is 353 Å². The van der Waals surface area contributed by atoms with E-state index >= 15 is 0 Å². The number of nitrogen functional groups attached to an aromatic ring is 2. The van der Waals surface area contributed by atoms with Gasteiger partial charge in [0.25, 0.3) is 0 Å². The molecule has 6 heterocycles. The van der Waals surface area contributed by atoms with Gasteiger partial charge in [-0.1, -0.05) is 36.4 Å². The molecule has 2 aliphatic carbocycles. The van der Waals surface area contributed by atoms with Crippen molar-refractivity contribution in [3.63, 3.8) is 0 Å². The second-order valence-electron chi connectivity index (χ2n) is 14.3. The largest absolute Gasteiger partial charge is 0.457 e. The van der Waals surface area contributed by atoms with Crippen LogP contribution in [0.25, 0.3) is 22.3 Å². The Morgan fingerprint density at radius 1 is 0.758 bits per heavy atom. The highest BCUT2D eigenvalue weighted by Crippen LogP contribution is 2.31. The Bertz CT molecular complexity index is 2480. The fourth-order valence-corrected chi connectivity index (χ4v) is 6.09. The Balaban J connectivity index is 0.000000138. The molecule has 62 heavy (non-hydrogen) atoms. The molecule has 22 heteroatoms. The molecule has 10 rings (SSSR count). The molecule has 2 unspecified atom stereocenters. The molecule has 0 spiro atoms. The van der Waals surface area contributed by atoms with Crippen molar-refractivity contribution in [2.45, 2.75) is 69.8 Å². The molecule has 2 aromatic carbocycles.